The number of nitrogens with one attached hydrogen (secondary N) is 1. The topological polar surface area (TPSA) is 55.7 Å². The normalized spacial score (nSPS) is 12.7. The van der Waals surface area contributed by atoms with E-state index in [0.29, 0.717) is 5.75 Å². The Morgan fingerprint density at radius 2 is 2.08 bits per heavy atom. The SMILES string of the molecule is Brc1cc(C=NNc2nc(-c3ccccc3)cs2)cc2c1OCO2. The van der Waals surface area contributed by atoms with E-state index >= 15 is 0 Å². The molecule has 0 amide bonds. The van der Waals surface area contributed by atoms with Gasteiger partial charge in [0, 0.05) is 10.9 Å². The van der Waals surface area contributed by atoms with Gasteiger partial charge in [-0.25, -0.2) is 4.98 Å². The van der Waals surface area contributed by atoms with Crippen molar-refractivity contribution in [2.75, 3.05) is 12.2 Å². The molecule has 1 N–H and O–H groups in total. The molecule has 24 heavy (non-hydrogen) atoms. The van der Waals surface area contributed by atoms with E-state index in [1.807, 2.05) is 47.8 Å². The highest BCUT2D eigenvalue weighted by molar-refractivity contribution is 9.10. The van der Waals surface area contributed by atoms with Gasteiger partial charge in [-0.2, -0.15) is 5.10 Å². The summed E-state index contributed by atoms with van der Waals surface area (Å²) in [5.41, 5.74) is 5.88. The van der Waals surface area contributed by atoms with Gasteiger partial charge >= 0.3 is 0 Å². The minimum atomic E-state index is 0.244. The second-order valence-electron chi connectivity index (χ2n) is 5.01. The maximum atomic E-state index is 5.39. The second-order valence-corrected chi connectivity index (χ2v) is 6.72. The molecule has 0 aliphatic carbocycles. The maximum Gasteiger partial charge on any atom is 0.231 e. The zero-order chi connectivity index (χ0) is 16.4. The molecule has 0 unspecified atom stereocenters. The predicted octanol–water partition coefficient (Wildman–Crippen LogP) is 4.75. The summed E-state index contributed by atoms with van der Waals surface area (Å²) in [7, 11) is 0. The van der Waals surface area contributed by atoms with Crippen LogP contribution in [0, 0.1) is 0 Å². The van der Waals surface area contributed by atoms with Gasteiger partial charge in [0.2, 0.25) is 11.9 Å². The first-order chi connectivity index (χ1) is 11.8. The lowest BCUT2D eigenvalue weighted by molar-refractivity contribution is 0.173. The number of rotatable bonds is 4. The standard InChI is InChI=1S/C17H12BrN3O2S/c18-13-6-11(7-15-16(13)23-10-22-15)8-19-21-17-20-14(9-24-17)12-4-2-1-3-5-12/h1-9H,10H2,(H,20,21). The number of thiazole rings is 1. The molecule has 1 aliphatic heterocycles. The van der Waals surface area contributed by atoms with E-state index in [-0.39, 0.29) is 6.79 Å². The largest absolute Gasteiger partial charge is 0.454 e. The lowest BCUT2D eigenvalue weighted by atomic mass is 10.2. The number of aromatic nitrogens is 1. The van der Waals surface area contributed by atoms with Crippen molar-refractivity contribution in [1.29, 1.82) is 0 Å². The van der Waals surface area contributed by atoms with Gasteiger partial charge in [-0.15, -0.1) is 11.3 Å². The van der Waals surface area contributed by atoms with E-state index in [1.54, 1.807) is 6.21 Å². The molecular formula is C17H12BrN3O2S. The number of halogens is 1. The minimum absolute atomic E-state index is 0.244. The zero-order valence-corrected chi connectivity index (χ0v) is 14.8. The third-order valence-corrected chi connectivity index (χ3v) is 4.73. The molecule has 1 aromatic heterocycles. The van der Waals surface area contributed by atoms with Crippen LogP contribution in [0.3, 0.4) is 0 Å². The number of hydrogen-bond donors (Lipinski definition) is 1. The van der Waals surface area contributed by atoms with E-state index in [4.69, 9.17) is 9.47 Å². The van der Waals surface area contributed by atoms with E-state index in [0.717, 1.165) is 32.2 Å². The van der Waals surface area contributed by atoms with Gasteiger partial charge in [-0.3, -0.25) is 5.43 Å². The summed E-state index contributed by atoms with van der Waals surface area (Å²) in [5, 5.41) is 6.99. The van der Waals surface area contributed by atoms with Crippen molar-refractivity contribution in [3.63, 3.8) is 0 Å². The van der Waals surface area contributed by atoms with Crippen LogP contribution in [0.25, 0.3) is 11.3 Å². The van der Waals surface area contributed by atoms with Gasteiger partial charge in [0.1, 0.15) is 0 Å². The van der Waals surface area contributed by atoms with Crippen molar-refractivity contribution >= 4 is 38.6 Å². The van der Waals surface area contributed by atoms with Crippen LogP contribution in [-0.2, 0) is 0 Å². The molecule has 0 bridgehead atoms. The van der Waals surface area contributed by atoms with Gasteiger partial charge in [0.15, 0.2) is 11.5 Å². The second kappa shape index (κ2) is 6.62. The molecule has 1 aliphatic rings. The molecule has 2 heterocycles. The summed E-state index contributed by atoms with van der Waals surface area (Å²) in [6.07, 6.45) is 1.72. The molecule has 4 rings (SSSR count). The average molecular weight is 402 g/mol. The first kappa shape index (κ1) is 15.2. The van der Waals surface area contributed by atoms with Gasteiger partial charge in [-0.05, 0) is 33.6 Å². The Hall–Kier alpha value is -2.38. The molecule has 2 aromatic carbocycles. The van der Waals surface area contributed by atoms with Crippen LogP contribution in [0.5, 0.6) is 11.5 Å². The fourth-order valence-corrected chi connectivity index (χ4v) is 3.53. The Bertz CT molecular complexity index is 896. The van der Waals surface area contributed by atoms with Gasteiger partial charge in [0.05, 0.1) is 16.4 Å². The highest BCUT2D eigenvalue weighted by Crippen LogP contribution is 2.39. The first-order valence-electron chi connectivity index (χ1n) is 7.19. The molecule has 0 saturated carbocycles. The molecule has 0 saturated heterocycles. The first-order valence-corrected chi connectivity index (χ1v) is 8.86. The number of benzene rings is 2. The van der Waals surface area contributed by atoms with Crippen LogP contribution < -0.4 is 14.9 Å². The number of hydrazone groups is 1. The molecular weight excluding hydrogens is 390 g/mol. The van der Waals surface area contributed by atoms with Crippen molar-refractivity contribution in [1.82, 2.24) is 4.98 Å². The van der Waals surface area contributed by atoms with Crippen LogP contribution in [-0.4, -0.2) is 18.0 Å². The maximum absolute atomic E-state index is 5.39. The smallest absolute Gasteiger partial charge is 0.231 e. The summed E-state index contributed by atoms with van der Waals surface area (Å²) in [6, 6.07) is 13.9. The Labute approximate surface area is 151 Å². The highest BCUT2D eigenvalue weighted by atomic mass is 79.9. The number of anilines is 1. The Kier molecular flexibility index (Phi) is 4.18. The molecule has 0 fully saturated rings. The van der Waals surface area contributed by atoms with Gasteiger partial charge in [0.25, 0.3) is 0 Å². The summed E-state index contributed by atoms with van der Waals surface area (Å²) < 4.78 is 11.6. The summed E-state index contributed by atoms with van der Waals surface area (Å²) in [5.74, 6) is 1.44. The Morgan fingerprint density at radius 1 is 1.21 bits per heavy atom. The van der Waals surface area contributed by atoms with Crippen LogP contribution in [0.2, 0.25) is 0 Å². The number of ether oxygens (including phenoxy) is 2. The lowest BCUT2D eigenvalue weighted by Gasteiger charge is -2.01. The van der Waals surface area contributed by atoms with Crippen molar-refractivity contribution < 1.29 is 9.47 Å². The van der Waals surface area contributed by atoms with Crippen molar-refractivity contribution in [2.24, 2.45) is 5.10 Å². The van der Waals surface area contributed by atoms with Crippen molar-refractivity contribution in [3.05, 3.63) is 57.9 Å². The quantitative estimate of drug-likeness (QED) is 0.506. The lowest BCUT2D eigenvalue weighted by Crippen LogP contribution is -1.93. The Balaban J connectivity index is 1.47. The van der Waals surface area contributed by atoms with Gasteiger partial charge < -0.3 is 9.47 Å². The van der Waals surface area contributed by atoms with E-state index < -0.39 is 0 Å². The molecule has 0 atom stereocenters. The summed E-state index contributed by atoms with van der Waals surface area (Å²) in [4.78, 5) is 4.53. The van der Waals surface area contributed by atoms with Crippen LogP contribution in [0.4, 0.5) is 5.13 Å². The van der Waals surface area contributed by atoms with Crippen LogP contribution in [0.15, 0.2) is 57.4 Å². The number of fused-ring (bicyclic) bond motifs is 1. The summed E-state index contributed by atoms with van der Waals surface area (Å²) in [6.45, 7) is 0.244. The van der Waals surface area contributed by atoms with E-state index in [2.05, 4.69) is 31.4 Å². The monoisotopic (exact) mass is 401 g/mol. The number of nitrogens with zero attached hydrogens (tertiary/aromatic N) is 2. The van der Waals surface area contributed by atoms with Gasteiger partial charge in [-0.1, -0.05) is 30.3 Å². The summed E-state index contributed by atoms with van der Waals surface area (Å²) >= 11 is 4.98. The van der Waals surface area contributed by atoms with Crippen molar-refractivity contribution in [2.45, 2.75) is 0 Å². The molecule has 120 valence electrons. The molecule has 5 nitrogen and oxygen atoms in total. The zero-order valence-electron chi connectivity index (χ0n) is 12.4. The third-order valence-electron chi connectivity index (χ3n) is 3.40. The molecule has 0 spiro atoms. The fourth-order valence-electron chi connectivity index (χ4n) is 2.29. The number of hydrogen-bond acceptors (Lipinski definition) is 6. The van der Waals surface area contributed by atoms with Crippen LogP contribution in [0.1, 0.15) is 5.56 Å². The predicted molar refractivity (Wildman–Crippen MR) is 99.0 cm³/mol. The molecule has 0 radical (unpaired) electrons. The Morgan fingerprint density at radius 3 is 2.96 bits per heavy atom. The van der Waals surface area contributed by atoms with E-state index in [1.165, 1.54) is 11.3 Å². The highest BCUT2D eigenvalue weighted by Gasteiger charge is 2.17. The van der Waals surface area contributed by atoms with Crippen LogP contribution >= 0.6 is 27.3 Å². The fraction of sp³-hybridized carbons (Fsp3) is 0.0588. The third kappa shape index (κ3) is 3.13. The van der Waals surface area contributed by atoms with Crippen molar-refractivity contribution in [3.8, 4) is 22.8 Å². The minimum Gasteiger partial charge on any atom is -0.454 e. The average Bonchev–Trinajstić information content (AvgIpc) is 3.25. The van der Waals surface area contributed by atoms with E-state index in [9.17, 15) is 0 Å². The molecule has 3 aromatic rings. The molecule has 7 heteroatoms.